The summed E-state index contributed by atoms with van der Waals surface area (Å²) in [6, 6.07) is 59.8. The van der Waals surface area contributed by atoms with E-state index in [0.29, 0.717) is 11.5 Å². The minimum absolute atomic E-state index is 0. The first-order valence-corrected chi connectivity index (χ1v) is 23.7. The van der Waals surface area contributed by atoms with Gasteiger partial charge in [-0.25, -0.2) is 4.98 Å². The van der Waals surface area contributed by atoms with Gasteiger partial charge in [0.05, 0.1) is 0 Å². The van der Waals surface area contributed by atoms with Gasteiger partial charge < -0.3 is 19.1 Å². The van der Waals surface area contributed by atoms with E-state index < -0.39 is 0 Å². The number of fused-ring (bicyclic) bond motifs is 7. The third kappa shape index (κ3) is 8.13. The van der Waals surface area contributed by atoms with E-state index in [4.69, 9.17) is 9.72 Å². The minimum Gasteiger partial charge on any atom is -0.509 e. The second-order valence-corrected chi connectivity index (χ2v) is 21.8. The molecule has 0 saturated heterocycles. The van der Waals surface area contributed by atoms with Gasteiger partial charge >= 0.3 is 0 Å². The summed E-state index contributed by atoms with van der Waals surface area (Å²) in [7, 11) is 0. The number of hydrogen-bond donors (Lipinski definition) is 0. The normalized spacial score (nSPS) is 13.2. The number of para-hydroxylation sites is 2. The maximum absolute atomic E-state index is 6.72. The molecule has 0 fully saturated rings. The number of nitrogens with zero attached hydrogens (tertiary/aromatic N) is 4. The molecule has 10 aromatic rings. The standard InChI is InChI=1S/C60H53N4OS.Pt/c1-58(2,3)40-27-28-61-57(34-40)64-51-26-22-38(39-21-24-49-48-17-10-13-20-55(48)66-56(49)30-39)29-50(51)47-25-23-46(36-54(47)64)65-45-16-14-15-43(35-45)62-37-63(53-19-12-11-18-52(53)62)44-32-41(59(4,5)6)31-42(33-44)60(7,8)9;/h10-34,37H,1-9H3;/q-3;. The molecule has 7 heteroatoms. The van der Waals surface area contributed by atoms with Crippen LogP contribution in [0, 0.1) is 18.8 Å². The molecule has 1 aliphatic rings. The zero-order valence-corrected chi connectivity index (χ0v) is 42.5. The van der Waals surface area contributed by atoms with Crippen molar-refractivity contribution in [1.82, 2.24) is 9.55 Å². The Morgan fingerprint density at radius 2 is 1.16 bits per heavy atom. The third-order valence-electron chi connectivity index (χ3n) is 13.0. The first-order valence-electron chi connectivity index (χ1n) is 22.8. The van der Waals surface area contributed by atoms with Gasteiger partial charge in [-0.2, -0.15) is 12.1 Å². The molecule has 3 aromatic heterocycles. The van der Waals surface area contributed by atoms with Gasteiger partial charge in [0.25, 0.3) is 0 Å². The van der Waals surface area contributed by atoms with Crippen LogP contribution in [-0.2, 0) is 37.3 Å². The van der Waals surface area contributed by atoms with E-state index in [9.17, 15) is 0 Å². The van der Waals surface area contributed by atoms with Crippen LogP contribution in [0.25, 0.3) is 58.9 Å². The molecule has 0 radical (unpaired) electrons. The summed E-state index contributed by atoms with van der Waals surface area (Å²) < 4.78 is 11.6. The van der Waals surface area contributed by atoms with Crippen LogP contribution in [-0.4, -0.2) is 9.55 Å². The Morgan fingerprint density at radius 3 is 1.91 bits per heavy atom. The average molecular weight is 1070 g/mol. The van der Waals surface area contributed by atoms with E-state index >= 15 is 0 Å². The van der Waals surface area contributed by atoms with Crippen LogP contribution in [0.15, 0.2) is 152 Å². The minimum atomic E-state index is -0.0517. The quantitative estimate of drug-likeness (QED) is 0.155. The monoisotopic (exact) mass is 1070 g/mol. The Balaban J connectivity index is 0.00000525. The molecule has 5 nitrogen and oxygen atoms in total. The second kappa shape index (κ2) is 16.5. The molecule has 1 aliphatic heterocycles. The Morgan fingerprint density at radius 1 is 0.522 bits per heavy atom. The third-order valence-corrected chi connectivity index (χ3v) is 14.1. The molecule has 0 aliphatic carbocycles. The topological polar surface area (TPSA) is 33.5 Å². The predicted molar refractivity (Wildman–Crippen MR) is 279 cm³/mol. The molecular formula is C60H53N4OPtS-3. The Bertz CT molecular complexity index is 3490. The van der Waals surface area contributed by atoms with Crippen LogP contribution in [0.5, 0.6) is 11.5 Å². The van der Waals surface area contributed by atoms with Gasteiger partial charge in [0.1, 0.15) is 5.82 Å². The van der Waals surface area contributed by atoms with Crippen molar-refractivity contribution in [1.29, 1.82) is 0 Å². The molecule has 0 N–H and O–H groups in total. The average Bonchev–Trinajstić information content (AvgIpc) is 3.97. The zero-order valence-electron chi connectivity index (χ0n) is 39.4. The van der Waals surface area contributed by atoms with Crippen molar-refractivity contribution < 1.29 is 25.8 Å². The number of thiophene rings is 1. The molecule has 0 amide bonds. The fourth-order valence-corrected chi connectivity index (χ4v) is 10.3. The molecule has 0 bridgehead atoms. The predicted octanol–water partition coefficient (Wildman–Crippen LogP) is 16.9. The van der Waals surface area contributed by atoms with Crippen LogP contribution < -0.4 is 14.5 Å². The van der Waals surface area contributed by atoms with Gasteiger partial charge in [-0.1, -0.05) is 128 Å². The summed E-state index contributed by atoms with van der Waals surface area (Å²) >= 11 is 1.85. The maximum atomic E-state index is 6.72. The van der Waals surface area contributed by atoms with Crippen molar-refractivity contribution in [3.63, 3.8) is 0 Å². The molecule has 0 saturated carbocycles. The molecular weight excluding hydrogens is 1020 g/mol. The molecule has 0 atom stereocenters. The molecule has 67 heavy (non-hydrogen) atoms. The Labute approximate surface area is 412 Å². The fraction of sp³-hybridized carbons (Fsp3) is 0.200. The summed E-state index contributed by atoms with van der Waals surface area (Å²) in [5, 5.41) is 4.82. The summed E-state index contributed by atoms with van der Waals surface area (Å²) in [4.78, 5) is 9.47. The van der Waals surface area contributed by atoms with Crippen LogP contribution >= 0.6 is 11.3 Å². The van der Waals surface area contributed by atoms with Gasteiger partial charge in [-0.3, -0.25) is 0 Å². The number of hydrogen-bond acceptors (Lipinski definition) is 5. The van der Waals surface area contributed by atoms with E-state index in [2.05, 4.69) is 223 Å². The van der Waals surface area contributed by atoms with E-state index in [0.717, 1.165) is 50.4 Å². The maximum Gasteiger partial charge on any atom is 0.135 e. The van der Waals surface area contributed by atoms with Crippen molar-refractivity contribution in [3.05, 3.63) is 187 Å². The van der Waals surface area contributed by atoms with Gasteiger partial charge in [-0.15, -0.1) is 59.4 Å². The van der Waals surface area contributed by atoms with Crippen LogP contribution in [0.2, 0.25) is 0 Å². The number of aromatic nitrogens is 2. The zero-order chi connectivity index (χ0) is 45.7. The van der Waals surface area contributed by atoms with Gasteiger partial charge in [0.15, 0.2) is 0 Å². The largest absolute Gasteiger partial charge is 0.509 e. The summed E-state index contributed by atoms with van der Waals surface area (Å²) in [5.41, 5.74) is 12.3. The number of benzene rings is 7. The molecule has 4 heterocycles. The van der Waals surface area contributed by atoms with Crippen LogP contribution in [0.3, 0.4) is 0 Å². The molecule has 7 aromatic carbocycles. The fourth-order valence-electron chi connectivity index (χ4n) is 9.19. The second-order valence-electron chi connectivity index (χ2n) is 20.7. The molecule has 0 spiro atoms. The number of rotatable bonds is 6. The van der Waals surface area contributed by atoms with E-state index in [1.807, 2.05) is 35.7 Å². The summed E-state index contributed by atoms with van der Waals surface area (Å²) in [5.74, 6) is 2.05. The van der Waals surface area contributed by atoms with E-state index in [1.54, 1.807) is 0 Å². The van der Waals surface area contributed by atoms with Crippen molar-refractivity contribution >= 4 is 76.1 Å². The first-order chi connectivity index (χ1) is 31.6. The van der Waals surface area contributed by atoms with Crippen molar-refractivity contribution in [2.45, 2.75) is 78.6 Å². The molecule has 11 rings (SSSR count). The first kappa shape index (κ1) is 44.6. The molecule has 0 unspecified atom stereocenters. The van der Waals surface area contributed by atoms with E-state index in [-0.39, 0.29) is 37.3 Å². The van der Waals surface area contributed by atoms with Crippen molar-refractivity contribution in [2.24, 2.45) is 0 Å². The summed E-state index contributed by atoms with van der Waals surface area (Å²) in [6.07, 6.45) is 1.92. The summed E-state index contributed by atoms with van der Waals surface area (Å²) in [6.45, 7) is 22.6. The van der Waals surface area contributed by atoms with Crippen LogP contribution in [0.4, 0.5) is 22.7 Å². The van der Waals surface area contributed by atoms with Crippen molar-refractivity contribution in [2.75, 3.05) is 9.80 Å². The SMILES string of the molecule is CC(C)(C)c1cc(N2[CH-]N(c3[c-]c(Oc4[c-]c5c(cc4)c4cc(-c6ccc7c(c6)sc6ccccc67)ccc4n5-c4cc(C(C)(C)C)ccn4)ccc3)c3ccccc32)cc(C(C)(C)C)c1.[Pt]. The van der Waals surface area contributed by atoms with Gasteiger partial charge in [-0.05, 0) is 104 Å². The van der Waals surface area contributed by atoms with Gasteiger partial charge in [0, 0.05) is 81.5 Å². The number of pyridine rings is 1. The number of anilines is 4. The smallest absolute Gasteiger partial charge is 0.135 e. The van der Waals surface area contributed by atoms with E-state index in [1.165, 1.54) is 48.0 Å². The van der Waals surface area contributed by atoms with Gasteiger partial charge in [0.2, 0.25) is 0 Å². The Kier molecular flexibility index (Phi) is 11.0. The Hall–Kier alpha value is -6.20. The van der Waals surface area contributed by atoms with Crippen LogP contribution in [0.1, 0.15) is 79.0 Å². The van der Waals surface area contributed by atoms with Crippen molar-refractivity contribution in [3.8, 4) is 28.4 Å². The number of ether oxygens (including phenoxy) is 1. The molecule has 338 valence electrons.